The van der Waals surface area contributed by atoms with Crippen LogP contribution in [-0.2, 0) is 22.7 Å². The van der Waals surface area contributed by atoms with E-state index in [1.54, 1.807) is 48.3 Å². The van der Waals surface area contributed by atoms with E-state index in [1.807, 2.05) is 35.2 Å². The summed E-state index contributed by atoms with van der Waals surface area (Å²) in [6.45, 7) is 5.46. The third-order valence-electron chi connectivity index (χ3n) is 10.0. The number of nitrogen functional groups attached to an aromatic ring is 1. The number of hydrogen-bond donors (Lipinski definition) is 1. The van der Waals surface area contributed by atoms with Gasteiger partial charge in [0, 0.05) is 92.7 Å². The molecule has 58 heavy (non-hydrogen) atoms. The molecular formula is C38H40Cl2N12O6. The van der Waals surface area contributed by atoms with E-state index >= 15 is 0 Å². The summed E-state index contributed by atoms with van der Waals surface area (Å²) in [4.78, 5) is 52.2. The lowest BCUT2D eigenvalue weighted by atomic mass is 10.2. The number of hydrogen-bond acceptors (Lipinski definition) is 13. The van der Waals surface area contributed by atoms with Gasteiger partial charge in [-0.25, -0.2) is 19.3 Å². The SMILES string of the molecule is COc1cc(N2CCN(C(=O)Cn3ncc4cc(N)cnc43)CC2)ccc1Cl.COc1cc(N2CCN(C(=O)Cn3ncc4cc([N+](=O)[O-])cnc43)CC2)ccc1Cl. The average molecular weight is 832 g/mol. The molecule has 0 radical (unpaired) electrons. The summed E-state index contributed by atoms with van der Waals surface area (Å²) in [5, 5.41) is 21.8. The number of pyridine rings is 2. The summed E-state index contributed by atoms with van der Waals surface area (Å²) in [5.74, 6) is 1.22. The number of carbonyl (C=O) groups is 2. The molecule has 0 spiro atoms. The second-order valence-corrected chi connectivity index (χ2v) is 14.3. The Balaban J connectivity index is 0.000000177. The quantitative estimate of drug-likeness (QED) is 0.160. The van der Waals surface area contributed by atoms with Crippen molar-refractivity contribution in [3.63, 3.8) is 0 Å². The molecule has 18 nitrogen and oxygen atoms in total. The molecule has 2 aliphatic rings. The van der Waals surface area contributed by atoms with E-state index in [4.69, 9.17) is 38.4 Å². The number of nitrogens with two attached hydrogens (primary N) is 1. The molecular weight excluding hydrogens is 791 g/mol. The summed E-state index contributed by atoms with van der Waals surface area (Å²) in [5.41, 5.74) is 9.35. The summed E-state index contributed by atoms with van der Waals surface area (Å²) < 4.78 is 13.7. The molecule has 2 aromatic carbocycles. The molecule has 0 atom stereocenters. The first-order valence-electron chi connectivity index (χ1n) is 18.3. The molecule has 6 heterocycles. The molecule has 0 saturated carbocycles. The third kappa shape index (κ3) is 8.77. The topological polar surface area (TPSA) is 196 Å². The summed E-state index contributed by atoms with van der Waals surface area (Å²) in [7, 11) is 3.18. The summed E-state index contributed by atoms with van der Waals surface area (Å²) in [6.07, 6.45) is 5.90. The molecule has 8 rings (SSSR count). The molecule has 302 valence electrons. The Bertz CT molecular complexity index is 2460. The maximum atomic E-state index is 12.7. The van der Waals surface area contributed by atoms with Gasteiger partial charge in [0.05, 0.1) is 53.5 Å². The second kappa shape index (κ2) is 17.4. The van der Waals surface area contributed by atoms with E-state index < -0.39 is 4.92 Å². The van der Waals surface area contributed by atoms with Crippen molar-refractivity contribution in [1.29, 1.82) is 0 Å². The largest absolute Gasteiger partial charge is 0.495 e. The highest BCUT2D eigenvalue weighted by atomic mass is 35.5. The molecule has 20 heteroatoms. The van der Waals surface area contributed by atoms with Crippen LogP contribution in [0.3, 0.4) is 0 Å². The van der Waals surface area contributed by atoms with Crippen molar-refractivity contribution in [3.05, 3.63) is 93.5 Å². The van der Waals surface area contributed by atoms with Crippen LogP contribution in [-0.4, -0.2) is 123 Å². The molecule has 2 aliphatic heterocycles. The van der Waals surface area contributed by atoms with Crippen LogP contribution in [0.2, 0.25) is 10.0 Å². The van der Waals surface area contributed by atoms with Gasteiger partial charge in [0.15, 0.2) is 11.3 Å². The molecule has 0 bridgehead atoms. The van der Waals surface area contributed by atoms with Crippen molar-refractivity contribution >= 4 is 79.8 Å². The minimum Gasteiger partial charge on any atom is -0.495 e. The van der Waals surface area contributed by atoms with E-state index in [9.17, 15) is 19.7 Å². The van der Waals surface area contributed by atoms with Crippen molar-refractivity contribution in [1.82, 2.24) is 39.3 Å². The predicted octanol–water partition coefficient (Wildman–Crippen LogP) is 4.37. The number of aromatic nitrogens is 6. The van der Waals surface area contributed by atoms with Crippen LogP contribution < -0.4 is 25.0 Å². The zero-order valence-electron chi connectivity index (χ0n) is 31.7. The fourth-order valence-electron chi connectivity index (χ4n) is 6.85. The van der Waals surface area contributed by atoms with Gasteiger partial charge < -0.3 is 34.8 Å². The highest BCUT2D eigenvalue weighted by molar-refractivity contribution is 6.32. The number of halogens is 2. The van der Waals surface area contributed by atoms with Crippen LogP contribution in [0.25, 0.3) is 22.1 Å². The van der Waals surface area contributed by atoms with Gasteiger partial charge in [-0.05, 0) is 30.3 Å². The van der Waals surface area contributed by atoms with Crippen molar-refractivity contribution in [2.45, 2.75) is 13.1 Å². The Kier molecular flexibility index (Phi) is 11.9. The number of nitrogens with zero attached hydrogens (tertiary/aromatic N) is 11. The van der Waals surface area contributed by atoms with Crippen LogP contribution in [0.4, 0.5) is 22.7 Å². The zero-order valence-corrected chi connectivity index (χ0v) is 33.2. The number of anilines is 3. The number of methoxy groups -OCH3 is 2. The lowest BCUT2D eigenvalue weighted by Gasteiger charge is -2.36. The van der Waals surface area contributed by atoms with E-state index in [2.05, 4.69) is 30.0 Å². The number of benzene rings is 2. The van der Waals surface area contributed by atoms with Crippen LogP contribution >= 0.6 is 23.2 Å². The van der Waals surface area contributed by atoms with Gasteiger partial charge in [0.25, 0.3) is 5.69 Å². The van der Waals surface area contributed by atoms with E-state index in [0.29, 0.717) is 83.2 Å². The molecule has 0 unspecified atom stereocenters. The fourth-order valence-corrected chi connectivity index (χ4v) is 7.24. The Hall–Kier alpha value is -6.40. The van der Waals surface area contributed by atoms with Gasteiger partial charge in [-0.2, -0.15) is 10.2 Å². The monoisotopic (exact) mass is 830 g/mol. The summed E-state index contributed by atoms with van der Waals surface area (Å²) >= 11 is 12.2. The molecule has 4 aromatic heterocycles. The summed E-state index contributed by atoms with van der Waals surface area (Å²) in [6, 6.07) is 14.5. The number of piperazine rings is 2. The zero-order chi connectivity index (χ0) is 40.9. The van der Waals surface area contributed by atoms with Crippen LogP contribution in [0, 0.1) is 10.1 Å². The number of rotatable bonds is 9. The first-order valence-corrected chi connectivity index (χ1v) is 19.0. The van der Waals surface area contributed by atoms with Gasteiger partial charge in [0.1, 0.15) is 30.8 Å². The Morgan fingerprint density at radius 1 is 0.690 bits per heavy atom. The van der Waals surface area contributed by atoms with Gasteiger partial charge in [0.2, 0.25) is 11.8 Å². The Morgan fingerprint density at radius 3 is 1.59 bits per heavy atom. The Morgan fingerprint density at radius 2 is 1.14 bits per heavy atom. The fraction of sp³-hybridized carbons (Fsp3) is 0.316. The highest BCUT2D eigenvalue weighted by Crippen LogP contribution is 2.31. The standard InChI is InChI=1S/C19H19ClN6O4.C19H21ClN6O2/c1-30-17-9-14(2-3-16(17)20)23-4-6-24(7-5-23)18(27)12-25-19-13(10-22-25)8-15(11-21-19)26(28)29;1-28-17-9-15(2-3-16(17)20)24-4-6-25(7-5-24)18(27)12-26-19-13(10-23-26)8-14(21)11-22-19/h2-3,8-11H,4-7,12H2,1H3;2-3,8-11H,4-7,12,21H2,1H3. The lowest BCUT2D eigenvalue weighted by molar-refractivity contribution is -0.385. The van der Waals surface area contributed by atoms with E-state index in [0.717, 1.165) is 29.9 Å². The first kappa shape index (κ1) is 39.8. The van der Waals surface area contributed by atoms with E-state index in [-0.39, 0.29) is 30.6 Å². The number of nitro groups is 1. The lowest BCUT2D eigenvalue weighted by Crippen LogP contribution is -2.49. The average Bonchev–Trinajstić information content (AvgIpc) is 3.84. The van der Waals surface area contributed by atoms with Gasteiger partial charge in [-0.3, -0.25) is 19.7 Å². The Labute approximate surface area is 342 Å². The maximum Gasteiger partial charge on any atom is 0.288 e. The molecule has 2 saturated heterocycles. The smallest absolute Gasteiger partial charge is 0.288 e. The van der Waals surface area contributed by atoms with Gasteiger partial charge in [-0.15, -0.1) is 0 Å². The van der Waals surface area contributed by atoms with Crippen LogP contribution in [0.15, 0.2) is 73.3 Å². The van der Waals surface area contributed by atoms with E-state index in [1.165, 1.54) is 23.1 Å². The van der Waals surface area contributed by atoms with Crippen molar-refractivity contribution in [2.24, 2.45) is 0 Å². The molecule has 6 aromatic rings. The molecule has 2 N–H and O–H groups in total. The third-order valence-corrected chi connectivity index (χ3v) is 10.6. The van der Waals surface area contributed by atoms with Crippen molar-refractivity contribution < 1.29 is 24.0 Å². The minimum atomic E-state index is -0.509. The van der Waals surface area contributed by atoms with Crippen molar-refractivity contribution in [3.8, 4) is 11.5 Å². The molecule has 0 aliphatic carbocycles. The molecule has 2 fully saturated rings. The van der Waals surface area contributed by atoms with Crippen LogP contribution in [0.5, 0.6) is 11.5 Å². The second-order valence-electron chi connectivity index (χ2n) is 13.5. The highest BCUT2D eigenvalue weighted by Gasteiger charge is 2.25. The number of amides is 2. The molecule has 2 amide bonds. The van der Waals surface area contributed by atoms with Crippen molar-refractivity contribution in [2.75, 3.05) is 82.1 Å². The predicted molar refractivity (Wildman–Crippen MR) is 220 cm³/mol. The number of carbonyl (C=O) groups excluding carboxylic acids is 2. The first-order chi connectivity index (χ1) is 28.0. The van der Waals surface area contributed by atoms with Gasteiger partial charge in [-0.1, -0.05) is 23.2 Å². The van der Waals surface area contributed by atoms with Crippen LogP contribution in [0.1, 0.15) is 0 Å². The normalized spacial score (nSPS) is 14.3. The van der Waals surface area contributed by atoms with Gasteiger partial charge >= 0.3 is 0 Å². The number of ether oxygens (including phenoxy) is 2. The minimum absolute atomic E-state index is 0.0250. The number of fused-ring (bicyclic) bond motifs is 2. The maximum absolute atomic E-state index is 12.7.